The molecule has 0 aliphatic rings. The molecule has 1 aromatic heterocycles. The molecule has 0 fully saturated rings. The third kappa shape index (κ3) is 2.77. The molecule has 0 saturated heterocycles. The molecule has 0 bridgehead atoms. The van der Waals surface area contributed by atoms with Gasteiger partial charge in [-0.1, -0.05) is 23.7 Å². The Morgan fingerprint density at radius 3 is 3.00 bits per heavy atom. The molecule has 0 radical (unpaired) electrons. The Kier molecular flexibility index (Phi) is 3.64. The van der Waals surface area contributed by atoms with Crippen LogP contribution < -0.4 is 4.74 Å². The van der Waals surface area contributed by atoms with Gasteiger partial charge in [-0.05, 0) is 13.0 Å². The summed E-state index contributed by atoms with van der Waals surface area (Å²) in [7, 11) is 0. The summed E-state index contributed by atoms with van der Waals surface area (Å²) in [6.45, 7) is 3.00. The summed E-state index contributed by atoms with van der Waals surface area (Å²) in [6, 6.07) is 4.66. The van der Waals surface area contributed by atoms with E-state index in [0.29, 0.717) is 11.3 Å². The Morgan fingerprint density at radius 2 is 2.29 bits per heavy atom. The van der Waals surface area contributed by atoms with Gasteiger partial charge in [-0.3, -0.25) is 4.68 Å². The van der Waals surface area contributed by atoms with E-state index in [-0.39, 0.29) is 11.6 Å². The molecule has 17 heavy (non-hydrogen) atoms. The fraction of sp³-hybridized carbons (Fsp3) is 0.250. The summed E-state index contributed by atoms with van der Waals surface area (Å²) in [6.07, 6.45) is 3.41. The maximum Gasteiger partial charge on any atom is 0.157 e. The predicted octanol–water partition coefficient (Wildman–Crippen LogP) is 3.27. The van der Waals surface area contributed by atoms with Crippen molar-refractivity contribution in [2.24, 2.45) is 0 Å². The lowest BCUT2D eigenvalue weighted by Crippen LogP contribution is -1.97. The van der Waals surface area contributed by atoms with Crippen LogP contribution in [0.3, 0.4) is 0 Å². The molecule has 0 spiro atoms. The van der Waals surface area contributed by atoms with Crippen molar-refractivity contribution in [2.45, 2.75) is 20.1 Å². The second-order valence-corrected chi connectivity index (χ2v) is 3.91. The average molecular weight is 255 g/mol. The van der Waals surface area contributed by atoms with Gasteiger partial charge >= 0.3 is 0 Å². The van der Waals surface area contributed by atoms with Crippen LogP contribution in [-0.2, 0) is 13.2 Å². The van der Waals surface area contributed by atoms with Crippen LogP contribution in [0.2, 0.25) is 5.02 Å². The summed E-state index contributed by atoms with van der Waals surface area (Å²) in [5.41, 5.74) is 0.621. The zero-order valence-electron chi connectivity index (χ0n) is 9.36. The van der Waals surface area contributed by atoms with Crippen molar-refractivity contribution in [1.82, 2.24) is 9.78 Å². The quantitative estimate of drug-likeness (QED) is 0.837. The van der Waals surface area contributed by atoms with E-state index in [1.54, 1.807) is 29.2 Å². The Morgan fingerprint density at radius 1 is 1.47 bits per heavy atom. The minimum atomic E-state index is -0.433. The molecule has 5 heteroatoms. The maximum atomic E-state index is 13.2. The fourth-order valence-corrected chi connectivity index (χ4v) is 1.59. The second kappa shape index (κ2) is 5.19. The SMILES string of the molecule is CCn1cc(OCc2cccc(F)c2Cl)cn1. The van der Waals surface area contributed by atoms with Crippen LogP contribution in [0, 0.1) is 5.82 Å². The number of hydrogen-bond donors (Lipinski definition) is 0. The molecule has 90 valence electrons. The number of nitrogens with zero attached hydrogens (tertiary/aromatic N) is 2. The molecule has 0 aliphatic heterocycles. The van der Waals surface area contributed by atoms with Gasteiger partial charge in [0.05, 0.1) is 17.4 Å². The molecule has 1 heterocycles. The van der Waals surface area contributed by atoms with E-state index < -0.39 is 5.82 Å². The van der Waals surface area contributed by atoms with E-state index >= 15 is 0 Å². The highest BCUT2D eigenvalue weighted by molar-refractivity contribution is 6.31. The molecule has 3 nitrogen and oxygen atoms in total. The molecular weight excluding hydrogens is 243 g/mol. The molecule has 2 rings (SSSR count). The van der Waals surface area contributed by atoms with Gasteiger partial charge in [-0.15, -0.1) is 0 Å². The number of hydrogen-bond acceptors (Lipinski definition) is 2. The van der Waals surface area contributed by atoms with E-state index in [2.05, 4.69) is 5.10 Å². The Hall–Kier alpha value is -1.55. The summed E-state index contributed by atoms with van der Waals surface area (Å²) >= 11 is 5.82. The van der Waals surface area contributed by atoms with Gasteiger partial charge in [0.15, 0.2) is 5.75 Å². The highest BCUT2D eigenvalue weighted by Gasteiger charge is 2.06. The summed E-state index contributed by atoms with van der Waals surface area (Å²) in [5.74, 6) is 0.212. The van der Waals surface area contributed by atoms with Gasteiger partial charge < -0.3 is 4.74 Å². The van der Waals surface area contributed by atoms with Crippen LogP contribution in [0.4, 0.5) is 4.39 Å². The van der Waals surface area contributed by atoms with E-state index in [9.17, 15) is 4.39 Å². The standard InChI is InChI=1S/C12H12ClFN2O/c1-2-16-7-10(6-15-16)17-8-9-4-3-5-11(14)12(9)13/h3-7H,2,8H2,1H3. The normalized spacial score (nSPS) is 10.5. The van der Waals surface area contributed by atoms with Crippen LogP contribution in [0.15, 0.2) is 30.6 Å². The summed E-state index contributed by atoms with van der Waals surface area (Å²) in [4.78, 5) is 0. The smallest absolute Gasteiger partial charge is 0.157 e. The van der Waals surface area contributed by atoms with Gasteiger partial charge in [0, 0.05) is 12.1 Å². The molecule has 0 unspecified atom stereocenters. The van der Waals surface area contributed by atoms with Crippen LogP contribution in [0.25, 0.3) is 0 Å². The van der Waals surface area contributed by atoms with Crippen molar-refractivity contribution in [3.8, 4) is 5.75 Å². The van der Waals surface area contributed by atoms with Gasteiger partial charge in [0.2, 0.25) is 0 Å². The van der Waals surface area contributed by atoms with Crippen molar-refractivity contribution in [3.63, 3.8) is 0 Å². The molecule has 0 N–H and O–H groups in total. The number of ether oxygens (including phenoxy) is 1. The third-order valence-electron chi connectivity index (χ3n) is 2.36. The average Bonchev–Trinajstić information content (AvgIpc) is 2.79. The highest BCUT2D eigenvalue weighted by Crippen LogP contribution is 2.21. The van der Waals surface area contributed by atoms with E-state index in [4.69, 9.17) is 16.3 Å². The van der Waals surface area contributed by atoms with E-state index in [1.807, 2.05) is 6.92 Å². The minimum Gasteiger partial charge on any atom is -0.486 e. The maximum absolute atomic E-state index is 13.2. The third-order valence-corrected chi connectivity index (χ3v) is 2.78. The number of aryl methyl sites for hydroxylation is 1. The summed E-state index contributed by atoms with van der Waals surface area (Å²) < 4.78 is 20.4. The van der Waals surface area contributed by atoms with Crippen LogP contribution >= 0.6 is 11.6 Å². The second-order valence-electron chi connectivity index (χ2n) is 3.53. The molecule has 0 amide bonds. The Balaban J connectivity index is 2.04. The molecule has 0 saturated carbocycles. The fourth-order valence-electron chi connectivity index (χ4n) is 1.41. The Bertz CT molecular complexity index is 513. The van der Waals surface area contributed by atoms with Crippen molar-refractivity contribution in [1.29, 1.82) is 0 Å². The van der Waals surface area contributed by atoms with Crippen molar-refractivity contribution >= 4 is 11.6 Å². The zero-order chi connectivity index (χ0) is 12.3. The van der Waals surface area contributed by atoms with Gasteiger partial charge in [-0.2, -0.15) is 5.10 Å². The van der Waals surface area contributed by atoms with Crippen LogP contribution in [0.1, 0.15) is 12.5 Å². The van der Waals surface area contributed by atoms with Gasteiger partial charge in [-0.25, -0.2) is 4.39 Å². The first-order chi connectivity index (χ1) is 8.20. The van der Waals surface area contributed by atoms with E-state index in [0.717, 1.165) is 6.54 Å². The molecule has 0 atom stereocenters. The van der Waals surface area contributed by atoms with E-state index in [1.165, 1.54) is 6.07 Å². The molecule has 0 aliphatic carbocycles. The number of benzene rings is 1. The minimum absolute atomic E-state index is 0.107. The molecule has 1 aromatic carbocycles. The van der Waals surface area contributed by atoms with Crippen molar-refractivity contribution < 1.29 is 9.13 Å². The number of halogens is 2. The lowest BCUT2D eigenvalue weighted by atomic mass is 10.2. The molecular formula is C12H12ClFN2O. The van der Waals surface area contributed by atoms with Crippen LogP contribution in [0.5, 0.6) is 5.75 Å². The zero-order valence-corrected chi connectivity index (χ0v) is 10.1. The van der Waals surface area contributed by atoms with Gasteiger partial charge in [0.25, 0.3) is 0 Å². The number of aromatic nitrogens is 2. The predicted molar refractivity (Wildman–Crippen MR) is 63.6 cm³/mol. The molecule has 2 aromatic rings. The topological polar surface area (TPSA) is 27.1 Å². The Labute approximate surface area is 104 Å². The van der Waals surface area contributed by atoms with Crippen LogP contribution in [-0.4, -0.2) is 9.78 Å². The lowest BCUT2D eigenvalue weighted by molar-refractivity contribution is 0.305. The first-order valence-electron chi connectivity index (χ1n) is 5.29. The van der Waals surface area contributed by atoms with Gasteiger partial charge in [0.1, 0.15) is 12.4 Å². The first kappa shape index (κ1) is 11.9. The first-order valence-corrected chi connectivity index (χ1v) is 5.66. The lowest BCUT2D eigenvalue weighted by Gasteiger charge is -2.05. The van der Waals surface area contributed by atoms with Crippen molar-refractivity contribution in [2.75, 3.05) is 0 Å². The largest absolute Gasteiger partial charge is 0.486 e. The number of rotatable bonds is 4. The van der Waals surface area contributed by atoms with Crippen molar-refractivity contribution in [3.05, 3.63) is 47.0 Å². The highest BCUT2D eigenvalue weighted by atomic mass is 35.5. The summed E-state index contributed by atoms with van der Waals surface area (Å²) in [5, 5.41) is 4.18. The monoisotopic (exact) mass is 254 g/mol.